The molecule has 19 heavy (non-hydrogen) atoms. The van der Waals surface area contributed by atoms with Crippen LogP contribution in [0.5, 0.6) is 0 Å². The van der Waals surface area contributed by atoms with Crippen molar-refractivity contribution >= 4 is 22.7 Å². The summed E-state index contributed by atoms with van der Waals surface area (Å²) in [6.07, 6.45) is 0.237. The first-order valence-corrected chi connectivity index (χ1v) is 6.59. The van der Waals surface area contributed by atoms with E-state index in [1.165, 1.54) is 0 Å². The van der Waals surface area contributed by atoms with E-state index in [2.05, 4.69) is 33.2 Å². The van der Waals surface area contributed by atoms with Crippen LogP contribution in [0, 0.1) is 0 Å². The standard InChI is InChI=1S/C14H18N4O/c1-10-9-18(7-8-19-10)13-11-5-3-4-6-12(11)16-14(15-2)17-13/h3-6,10H,7-9H2,1-2H3,(H,15,16,17). The molecule has 1 saturated heterocycles. The van der Waals surface area contributed by atoms with Gasteiger partial charge in [0.25, 0.3) is 0 Å². The molecule has 1 aliphatic rings. The van der Waals surface area contributed by atoms with Gasteiger partial charge in [0.2, 0.25) is 5.95 Å². The average Bonchev–Trinajstić information content (AvgIpc) is 2.46. The summed E-state index contributed by atoms with van der Waals surface area (Å²) in [6.45, 7) is 4.57. The van der Waals surface area contributed by atoms with Gasteiger partial charge in [0.15, 0.2) is 0 Å². The molecule has 5 heteroatoms. The first-order valence-electron chi connectivity index (χ1n) is 6.59. The number of aromatic nitrogens is 2. The van der Waals surface area contributed by atoms with Gasteiger partial charge in [-0.15, -0.1) is 0 Å². The molecule has 5 nitrogen and oxygen atoms in total. The van der Waals surface area contributed by atoms with E-state index in [-0.39, 0.29) is 6.10 Å². The van der Waals surface area contributed by atoms with Crippen LogP contribution in [0.1, 0.15) is 6.92 Å². The highest BCUT2D eigenvalue weighted by atomic mass is 16.5. The summed E-state index contributed by atoms with van der Waals surface area (Å²) < 4.78 is 5.60. The molecule has 1 fully saturated rings. The zero-order valence-electron chi connectivity index (χ0n) is 11.3. The van der Waals surface area contributed by atoms with Gasteiger partial charge in [-0.1, -0.05) is 12.1 Å². The zero-order valence-corrected chi connectivity index (χ0v) is 11.3. The molecular weight excluding hydrogens is 240 g/mol. The van der Waals surface area contributed by atoms with Crippen LogP contribution < -0.4 is 10.2 Å². The Hall–Kier alpha value is -1.88. The molecule has 0 saturated carbocycles. The fourth-order valence-electron chi connectivity index (χ4n) is 2.42. The predicted molar refractivity (Wildman–Crippen MR) is 76.7 cm³/mol. The van der Waals surface area contributed by atoms with Crippen molar-refractivity contribution < 1.29 is 4.74 Å². The monoisotopic (exact) mass is 258 g/mol. The molecule has 0 radical (unpaired) electrons. The second-order valence-electron chi connectivity index (χ2n) is 4.77. The Labute approximate surface area is 112 Å². The lowest BCUT2D eigenvalue weighted by Gasteiger charge is -2.32. The molecule has 0 aliphatic carbocycles. The number of nitrogens with one attached hydrogen (secondary N) is 1. The van der Waals surface area contributed by atoms with Gasteiger partial charge in [-0.2, -0.15) is 4.98 Å². The summed E-state index contributed by atoms with van der Waals surface area (Å²) in [5.74, 6) is 1.65. The van der Waals surface area contributed by atoms with Crippen LogP contribution in [0.2, 0.25) is 0 Å². The lowest BCUT2D eigenvalue weighted by molar-refractivity contribution is 0.0530. The minimum Gasteiger partial charge on any atom is -0.375 e. The van der Waals surface area contributed by atoms with E-state index in [1.54, 1.807) is 0 Å². The quantitative estimate of drug-likeness (QED) is 0.891. The van der Waals surface area contributed by atoms with E-state index in [1.807, 2.05) is 25.2 Å². The zero-order chi connectivity index (χ0) is 13.2. The van der Waals surface area contributed by atoms with Crippen molar-refractivity contribution in [3.05, 3.63) is 24.3 Å². The molecule has 2 aromatic rings. The number of hydrogen-bond donors (Lipinski definition) is 1. The van der Waals surface area contributed by atoms with Gasteiger partial charge in [-0.05, 0) is 19.1 Å². The number of para-hydroxylation sites is 1. The number of morpholine rings is 1. The highest BCUT2D eigenvalue weighted by molar-refractivity contribution is 5.90. The third kappa shape index (κ3) is 2.33. The maximum absolute atomic E-state index is 5.60. The first kappa shape index (κ1) is 12.2. The van der Waals surface area contributed by atoms with Crippen molar-refractivity contribution in [1.29, 1.82) is 0 Å². The van der Waals surface area contributed by atoms with Gasteiger partial charge < -0.3 is 15.0 Å². The lowest BCUT2D eigenvalue weighted by atomic mass is 10.2. The van der Waals surface area contributed by atoms with Crippen LogP contribution in [0.4, 0.5) is 11.8 Å². The molecule has 1 N–H and O–H groups in total. The molecule has 3 rings (SSSR count). The summed E-state index contributed by atoms with van der Waals surface area (Å²) in [7, 11) is 1.84. The van der Waals surface area contributed by atoms with Gasteiger partial charge in [0.1, 0.15) is 5.82 Å². The number of anilines is 2. The molecule has 1 aromatic carbocycles. The number of nitrogens with zero attached hydrogens (tertiary/aromatic N) is 3. The number of ether oxygens (including phenoxy) is 1. The smallest absolute Gasteiger partial charge is 0.224 e. The van der Waals surface area contributed by atoms with Crippen molar-refractivity contribution in [3.63, 3.8) is 0 Å². The number of hydrogen-bond acceptors (Lipinski definition) is 5. The second kappa shape index (κ2) is 5.01. The SMILES string of the molecule is CNc1nc(N2CCOC(C)C2)c2ccccc2n1. The molecule has 2 heterocycles. The van der Waals surface area contributed by atoms with Crippen LogP contribution in [0.3, 0.4) is 0 Å². The van der Waals surface area contributed by atoms with Gasteiger partial charge in [-0.25, -0.2) is 4.98 Å². The summed E-state index contributed by atoms with van der Waals surface area (Å²) in [6, 6.07) is 8.12. The highest BCUT2D eigenvalue weighted by Gasteiger charge is 2.20. The molecule has 1 atom stereocenters. The Morgan fingerprint density at radius 2 is 2.16 bits per heavy atom. The fourth-order valence-corrected chi connectivity index (χ4v) is 2.42. The third-order valence-corrected chi connectivity index (χ3v) is 3.35. The number of benzene rings is 1. The molecule has 100 valence electrons. The van der Waals surface area contributed by atoms with Crippen LogP contribution in [-0.4, -0.2) is 42.8 Å². The molecule has 0 spiro atoms. The summed E-state index contributed by atoms with van der Waals surface area (Å²) in [5.41, 5.74) is 0.969. The molecule has 0 amide bonds. The van der Waals surface area contributed by atoms with Crippen molar-refractivity contribution in [2.45, 2.75) is 13.0 Å². The molecule has 0 bridgehead atoms. The van der Waals surface area contributed by atoms with Crippen molar-refractivity contribution in [1.82, 2.24) is 9.97 Å². The van der Waals surface area contributed by atoms with Crippen molar-refractivity contribution in [2.24, 2.45) is 0 Å². The van der Waals surface area contributed by atoms with Crippen LogP contribution in [0.25, 0.3) is 10.9 Å². The van der Waals surface area contributed by atoms with Crippen LogP contribution in [-0.2, 0) is 4.74 Å². The van der Waals surface area contributed by atoms with Crippen molar-refractivity contribution in [3.8, 4) is 0 Å². The third-order valence-electron chi connectivity index (χ3n) is 3.35. The Kier molecular flexibility index (Phi) is 3.21. The maximum atomic E-state index is 5.60. The minimum atomic E-state index is 0.237. The molecule has 1 aliphatic heterocycles. The topological polar surface area (TPSA) is 50.3 Å². The molecular formula is C14H18N4O. The Morgan fingerprint density at radius 3 is 2.95 bits per heavy atom. The van der Waals surface area contributed by atoms with Crippen LogP contribution >= 0.6 is 0 Å². The van der Waals surface area contributed by atoms with Gasteiger partial charge in [0.05, 0.1) is 18.2 Å². The molecule has 1 unspecified atom stereocenters. The molecule has 1 aromatic heterocycles. The average molecular weight is 258 g/mol. The van der Waals surface area contributed by atoms with Gasteiger partial charge in [0, 0.05) is 25.5 Å². The Bertz CT molecular complexity index is 587. The summed E-state index contributed by atoms with van der Waals surface area (Å²) in [5, 5.41) is 4.12. The maximum Gasteiger partial charge on any atom is 0.224 e. The Morgan fingerprint density at radius 1 is 1.32 bits per heavy atom. The van der Waals surface area contributed by atoms with E-state index in [9.17, 15) is 0 Å². The van der Waals surface area contributed by atoms with E-state index >= 15 is 0 Å². The van der Waals surface area contributed by atoms with Crippen molar-refractivity contribution in [2.75, 3.05) is 37.0 Å². The predicted octanol–water partition coefficient (Wildman–Crippen LogP) is 1.90. The summed E-state index contributed by atoms with van der Waals surface area (Å²) >= 11 is 0. The largest absolute Gasteiger partial charge is 0.375 e. The van der Waals surface area contributed by atoms with Gasteiger partial charge in [-0.3, -0.25) is 0 Å². The normalized spacial score (nSPS) is 19.7. The first-order chi connectivity index (χ1) is 9.28. The fraction of sp³-hybridized carbons (Fsp3) is 0.429. The van der Waals surface area contributed by atoms with E-state index in [0.29, 0.717) is 5.95 Å². The summed E-state index contributed by atoms with van der Waals surface area (Å²) in [4.78, 5) is 11.4. The van der Waals surface area contributed by atoms with E-state index in [0.717, 1.165) is 36.4 Å². The lowest BCUT2D eigenvalue weighted by Crippen LogP contribution is -2.41. The second-order valence-corrected chi connectivity index (χ2v) is 4.77. The van der Waals surface area contributed by atoms with Crippen LogP contribution in [0.15, 0.2) is 24.3 Å². The minimum absolute atomic E-state index is 0.237. The highest BCUT2D eigenvalue weighted by Crippen LogP contribution is 2.26. The van der Waals surface area contributed by atoms with E-state index < -0.39 is 0 Å². The van der Waals surface area contributed by atoms with Gasteiger partial charge >= 0.3 is 0 Å². The van der Waals surface area contributed by atoms with E-state index in [4.69, 9.17) is 4.74 Å². The number of rotatable bonds is 2. The number of fused-ring (bicyclic) bond motifs is 1. The Balaban J connectivity index is 2.10.